The van der Waals surface area contributed by atoms with Crippen LogP contribution in [0.3, 0.4) is 0 Å². The van der Waals surface area contributed by atoms with Crippen molar-refractivity contribution in [3.63, 3.8) is 0 Å². The molecule has 0 atom stereocenters. The molecular weight excluding hydrogens is 439 g/mol. The Balaban J connectivity index is 1.82. The van der Waals surface area contributed by atoms with Crippen LogP contribution < -0.4 is 10.1 Å². The molecule has 0 unspecified atom stereocenters. The highest BCUT2D eigenvalue weighted by molar-refractivity contribution is 5.88. The maximum Gasteiger partial charge on any atom is 0.422 e. The number of benzene rings is 1. The zero-order valence-electron chi connectivity index (χ0n) is 17.5. The van der Waals surface area contributed by atoms with Crippen LogP contribution in [0.15, 0.2) is 42.9 Å². The Kier molecular flexibility index (Phi) is 6.70. The van der Waals surface area contributed by atoms with Gasteiger partial charge in [-0.25, -0.2) is 14.6 Å². The average Bonchev–Trinajstić information content (AvgIpc) is 3.24. The van der Waals surface area contributed by atoms with E-state index in [4.69, 9.17) is 4.74 Å². The van der Waals surface area contributed by atoms with Crippen LogP contribution in [0.1, 0.15) is 29.2 Å². The second kappa shape index (κ2) is 9.67. The number of aromatic nitrogens is 4. The van der Waals surface area contributed by atoms with Crippen LogP contribution in [0.25, 0.3) is 22.5 Å². The Morgan fingerprint density at radius 1 is 1.18 bits per heavy atom. The molecule has 1 aromatic carbocycles. The highest BCUT2D eigenvalue weighted by Gasteiger charge is 2.31. The predicted molar refractivity (Wildman–Crippen MR) is 113 cm³/mol. The van der Waals surface area contributed by atoms with Gasteiger partial charge in [0.25, 0.3) is 5.91 Å². The summed E-state index contributed by atoms with van der Waals surface area (Å²) >= 11 is 0. The number of ether oxygens (including phenoxy) is 1. The van der Waals surface area contributed by atoms with E-state index in [0.29, 0.717) is 28.2 Å². The number of alkyl halides is 3. The molecule has 4 rings (SSSR count). The van der Waals surface area contributed by atoms with Crippen molar-refractivity contribution in [2.75, 3.05) is 26.3 Å². The van der Waals surface area contributed by atoms with E-state index in [9.17, 15) is 23.1 Å². The van der Waals surface area contributed by atoms with Crippen LogP contribution in [0.5, 0.6) is 5.75 Å². The number of hydrogen-bond acceptors (Lipinski definition) is 7. The quantitative estimate of drug-likeness (QED) is 0.582. The summed E-state index contributed by atoms with van der Waals surface area (Å²) in [4.78, 5) is 20.9. The molecule has 0 saturated carbocycles. The number of hydrogen-bond donors (Lipinski definition) is 2. The van der Waals surface area contributed by atoms with E-state index in [-0.39, 0.29) is 11.7 Å². The molecule has 33 heavy (non-hydrogen) atoms. The zero-order valence-corrected chi connectivity index (χ0v) is 17.5. The molecule has 0 amide bonds. The van der Waals surface area contributed by atoms with Gasteiger partial charge in [0.1, 0.15) is 24.4 Å². The summed E-state index contributed by atoms with van der Waals surface area (Å²) in [7, 11) is 0. The van der Waals surface area contributed by atoms with Gasteiger partial charge in [-0.1, -0.05) is 0 Å². The fourth-order valence-electron chi connectivity index (χ4n) is 3.93. The lowest BCUT2D eigenvalue weighted by Crippen LogP contribution is -2.29. The summed E-state index contributed by atoms with van der Waals surface area (Å²) < 4.78 is 43.4. The van der Waals surface area contributed by atoms with Crippen LogP contribution in [-0.2, 0) is 0 Å². The molecule has 2 N–H and O–H groups in total. The van der Waals surface area contributed by atoms with Crippen molar-refractivity contribution in [1.29, 1.82) is 0 Å². The van der Waals surface area contributed by atoms with Crippen LogP contribution >= 0.6 is 0 Å². The van der Waals surface area contributed by atoms with Gasteiger partial charge in [-0.05, 0) is 56.3 Å². The molecule has 1 aliphatic rings. The first-order valence-corrected chi connectivity index (χ1v) is 10.4. The highest BCUT2D eigenvalue weighted by atomic mass is 19.4. The van der Waals surface area contributed by atoms with Gasteiger partial charge in [-0.3, -0.25) is 4.79 Å². The molecule has 0 bridgehead atoms. The summed E-state index contributed by atoms with van der Waals surface area (Å²) in [6, 6.07) is 7.71. The molecule has 1 aliphatic heterocycles. The third-order valence-corrected chi connectivity index (χ3v) is 5.39. The molecule has 0 aliphatic carbocycles. The van der Waals surface area contributed by atoms with Crippen molar-refractivity contribution >= 4 is 5.91 Å². The lowest BCUT2D eigenvalue weighted by molar-refractivity contribution is -0.153. The van der Waals surface area contributed by atoms with Crippen molar-refractivity contribution in [2.45, 2.75) is 24.9 Å². The molecule has 3 heterocycles. The van der Waals surface area contributed by atoms with E-state index in [1.54, 1.807) is 24.4 Å². The Labute approximate surface area is 187 Å². The van der Waals surface area contributed by atoms with Crippen LogP contribution in [0, 0.1) is 0 Å². The molecule has 8 nitrogen and oxygen atoms in total. The first-order chi connectivity index (χ1) is 15.9. The predicted octanol–water partition coefficient (Wildman–Crippen LogP) is 3.05. The van der Waals surface area contributed by atoms with Crippen LogP contribution in [0.2, 0.25) is 0 Å². The highest BCUT2D eigenvalue weighted by Crippen LogP contribution is 2.40. The first kappa shape index (κ1) is 22.9. The molecule has 11 heteroatoms. The van der Waals surface area contributed by atoms with Crippen molar-refractivity contribution in [2.24, 2.45) is 0 Å². The van der Waals surface area contributed by atoms with Gasteiger partial charge in [0.05, 0.1) is 17.0 Å². The summed E-state index contributed by atoms with van der Waals surface area (Å²) in [6.07, 6.45) is 0.0759. The van der Waals surface area contributed by atoms with Gasteiger partial charge in [-0.15, -0.1) is 0 Å². The van der Waals surface area contributed by atoms with Crippen molar-refractivity contribution < 1.29 is 27.8 Å². The standard InChI is InChI=1S/C22H22F3N5O3/c23-22(24,25)12-33-16-3-1-14(2-4-16)20-19(17-7-10-27-13-28-17)21(15-5-8-26-9-6-15)30(29-20)18(32)11-31/h1-4,7,10,13,15,26,31H,5-6,8-9,11-12H2. The van der Waals surface area contributed by atoms with Crippen molar-refractivity contribution in [3.8, 4) is 28.3 Å². The molecule has 0 radical (unpaired) electrons. The molecule has 0 spiro atoms. The number of aliphatic hydroxyl groups excluding tert-OH is 1. The van der Waals surface area contributed by atoms with Gasteiger partial charge < -0.3 is 15.2 Å². The summed E-state index contributed by atoms with van der Waals surface area (Å²) in [5, 5.41) is 17.4. The van der Waals surface area contributed by atoms with E-state index < -0.39 is 25.3 Å². The second-order valence-electron chi connectivity index (χ2n) is 7.62. The number of rotatable bonds is 6. The van der Waals surface area contributed by atoms with E-state index in [0.717, 1.165) is 25.9 Å². The minimum Gasteiger partial charge on any atom is -0.484 e. The smallest absolute Gasteiger partial charge is 0.422 e. The summed E-state index contributed by atoms with van der Waals surface area (Å²) in [5.41, 5.74) is 2.86. The number of halogens is 3. The average molecular weight is 461 g/mol. The van der Waals surface area contributed by atoms with E-state index in [1.165, 1.54) is 23.1 Å². The third kappa shape index (κ3) is 5.20. The largest absolute Gasteiger partial charge is 0.484 e. The monoisotopic (exact) mass is 461 g/mol. The fourth-order valence-corrected chi connectivity index (χ4v) is 3.93. The van der Waals surface area contributed by atoms with Crippen LogP contribution in [-0.4, -0.2) is 63.2 Å². The molecule has 2 aromatic heterocycles. The molecule has 1 fully saturated rings. The number of nitrogens with one attached hydrogen (secondary N) is 1. The van der Waals surface area contributed by atoms with E-state index >= 15 is 0 Å². The van der Waals surface area contributed by atoms with E-state index in [1.807, 2.05) is 0 Å². The van der Waals surface area contributed by atoms with Crippen molar-refractivity contribution in [1.82, 2.24) is 25.1 Å². The van der Waals surface area contributed by atoms with Gasteiger partial charge in [-0.2, -0.15) is 18.3 Å². The number of aliphatic hydroxyl groups is 1. The first-order valence-electron chi connectivity index (χ1n) is 10.4. The topological polar surface area (TPSA) is 102 Å². The Morgan fingerprint density at radius 2 is 1.91 bits per heavy atom. The van der Waals surface area contributed by atoms with Gasteiger partial charge in [0.2, 0.25) is 0 Å². The minimum absolute atomic E-state index is 0.00218. The number of nitrogens with zero attached hydrogens (tertiary/aromatic N) is 4. The van der Waals surface area contributed by atoms with Crippen LogP contribution in [0.4, 0.5) is 13.2 Å². The molecule has 1 saturated heterocycles. The Hall–Kier alpha value is -3.31. The molecule has 174 valence electrons. The maximum atomic E-state index is 12.6. The molecular formula is C22H22F3N5O3. The normalized spacial score (nSPS) is 14.9. The third-order valence-electron chi connectivity index (χ3n) is 5.39. The Bertz CT molecular complexity index is 1090. The lowest BCUT2D eigenvalue weighted by Gasteiger charge is -2.24. The van der Waals surface area contributed by atoms with Gasteiger partial charge in [0.15, 0.2) is 6.61 Å². The zero-order chi connectivity index (χ0) is 23.4. The summed E-state index contributed by atoms with van der Waals surface area (Å²) in [6.45, 7) is -0.565. The fraction of sp³-hybridized carbons (Fsp3) is 0.364. The second-order valence-corrected chi connectivity index (χ2v) is 7.62. The number of carbonyl (C=O) groups excluding carboxylic acids is 1. The summed E-state index contributed by atoms with van der Waals surface area (Å²) in [5.74, 6) is -0.512. The van der Waals surface area contributed by atoms with E-state index in [2.05, 4.69) is 20.4 Å². The molecule has 3 aromatic rings. The minimum atomic E-state index is -4.44. The maximum absolute atomic E-state index is 12.6. The lowest BCUT2D eigenvalue weighted by atomic mass is 9.89. The number of piperidine rings is 1. The van der Waals surface area contributed by atoms with Gasteiger partial charge >= 0.3 is 6.18 Å². The Morgan fingerprint density at radius 3 is 2.52 bits per heavy atom. The SMILES string of the molecule is O=C(CO)n1nc(-c2ccc(OCC(F)(F)F)cc2)c(-c2ccncn2)c1C1CCNCC1. The van der Waals surface area contributed by atoms with Gasteiger partial charge in [0, 0.05) is 17.7 Å². The van der Waals surface area contributed by atoms with Crippen molar-refractivity contribution in [3.05, 3.63) is 48.5 Å². The number of carbonyl (C=O) groups is 1.